The molecule has 8 nitrogen and oxygen atoms in total. The Kier molecular flexibility index (Phi) is 7.91. The largest absolute Gasteiger partial charge is 0.418 e. The van der Waals surface area contributed by atoms with Crippen molar-refractivity contribution in [1.82, 2.24) is 24.9 Å². The highest BCUT2D eigenvalue weighted by Gasteiger charge is 2.29. The molecule has 0 unspecified atom stereocenters. The first-order chi connectivity index (χ1) is 15.6. The average Bonchev–Trinajstić information content (AvgIpc) is 3.51. The van der Waals surface area contributed by atoms with Crippen molar-refractivity contribution >= 4 is 23.2 Å². The van der Waals surface area contributed by atoms with E-state index in [1.54, 1.807) is 16.2 Å². The lowest BCUT2D eigenvalue weighted by atomic mass is 9.88. The molecule has 1 saturated carbocycles. The van der Waals surface area contributed by atoms with Gasteiger partial charge < -0.3 is 14.2 Å². The van der Waals surface area contributed by atoms with Crippen LogP contribution >= 0.6 is 11.3 Å². The smallest absolute Gasteiger partial charge is 0.257 e. The second kappa shape index (κ2) is 11.0. The molecule has 0 N–H and O–H groups in total. The third-order valence-electron chi connectivity index (χ3n) is 6.37. The van der Waals surface area contributed by atoms with Gasteiger partial charge in [-0.05, 0) is 30.7 Å². The van der Waals surface area contributed by atoms with Gasteiger partial charge in [-0.25, -0.2) is 0 Å². The van der Waals surface area contributed by atoms with Crippen LogP contribution in [0.4, 0.5) is 0 Å². The predicted molar refractivity (Wildman–Crippen MR) is 123 cm³/mol. The highest BCUT2D eigenvalue weighted by molar-refractivity contribution is 7.13. The second-order valence-corrected chi connectivity index (χ2v) is 9.68. The van der Waals surface area contributed by atoms with Gasteiger partial charge in [0.25, 0.3) is 5.89 Å². The Hall–Kier alpha value is -2.26. The average molecular weight is 460 g/mol. The van der Waals surface area contributed by atoms with Crippen LogP contribution in [0, 0.1) is 5.92 Å². The van der Waals surface area contributed by atoms with E-state index in [0.717, 1.165) is 37.2 Å². The van der Waals surface area contributed by atoms with Gasteiger partial charge in [0.05, 0.1) is 18.0 Å². The van der Waals surface area contributed by atoms with Crippen LogP contribution < -0.4 is 0 Å². The van der Waals surface area contributed by atoms with Crippen molar-refractivity contribution in [3.8, 4) is 10.8 Å². The van der Waals surface area contributed by atoms with Gasteiger partial charge in [-0.15, -0.1) is 21.5 Å². The Labute approximate surface area is 193 Å². The van der Waals surface area contributed by atoms with E-state index in [0.29, 0.717) is 50.4 Å². The van der Waals surface area contributed by atoms with Crippen LogP contribution in [0.2, 0.25) is 0 Å². The topological polar surface area (TPSA) is 82.8 Å². The lowest BCUT2D eigenvalue weighted by molar-refractivity contribution is -0.139. The van der Waals surface area contributed by atoms with Crippen LogP contribution in [0.25, 0.3) is 10.8 Å². The first kappa shape index (κ1) is 22.9. The molecule has 2 amide bonds. The van der Waals surface area contributed by atoms with Crippen molar-refractivity contribution in [2.45, 2.75) is 52.0 Å². The number of hydrogen-bond donors (Lipinski definition) is 0. The quantitative estimate of drug-likeness (QED) is 0.603. The van der Waals surface area contributed by atoms with E-state index in [1.165, 1.54) is 19.3 Å². The van der Waals surface area contributed by atoms with Gasteiger partial charge in [0.15, 0.2) is 0 Å². The second-order valence-electron chi connectivity index (χ2n) is 8.73. The number of carbonyl (C=O) groups is 2. The lowest BCUT2D eigenvalue weighted by Crippen LogP contribution is -2.52. The minimum absolute atomic E-state index is 0.0646. The third kappa shape index (κ3) is 5.75. The van der Waals surface area contributed by atoms with Gasteiger partial charge >= 0.3 is 0 Å². The Bertz CT molecular complexity index is 870. The standard InChI is InChI=1S/C23H33N5O3S/c1-2-10-28(16-20-24-25-22(31-20)19-9-6-15-32-19)21(29)17-26-11-13-27(14-12-26)23(30)18-7-4-3-5-8-18/h6,9,15,18H,2-5,7-8,10-14,16-17H2,1H3. The minimum atomic E-state index is 0.0646. The molecule has 0 aromatic carbocycles. The molecule has 2 aromatic rings. The SMILES string of the molecule is CCCN(Cc1nnc(-c2cccs2)o1)C(=O)CN1CCN(C(=O)C2CCCCC2)CC1. The number of nitrogens with zero attached hydrogens (tertiary/aromatic N) is 5. The maximum absolute atomic E-state index is 13.0. The molecule has 32 heavy (non-hydrogen) atoms. The molecule has 2 fully saturated rings. The number of amides is 2. The van der Waals surface area contributed by atoms with Crippen LogP contribution in [-0.4, -0.2) is 76.0 Å². The fraction of sp³-hybridized carbons (Fsp3) is 0.652. The summed E-state index contributed by atoms with van der Waals surface area (Å²) in [6.07, 6.45) is 6.54. The minimum Gasteiger partial charge on any atom is -0.418 e. The summed E-state index contributed by atoms with van der Waals surface area (Å²) in [5.41, 5.74) is 0. The van der Waals surface area contributed by atoms with E-state index in [9.17, 15) is 9.59 Å². The maximum Gasteiger partial charge on any atom is 0.257 e. The predicted octanol–water partition coefficient (Wildman–Crippen LogP) is 3.26. The van der Waals surface area contributed by atoms with Crippen molar-refractivity contribution in [1.29, 1.82) is 0 Å². The summed E-state index contributed by atoms with van der Waals surface area (Å²) in [5.74, 6) is 1.55. The third-order valence-corrected chi connectivity index (χ3v) is 7.23. The molecule has 1 aliphatic heterocycles. The number of piperazine rings is 1. The van der Waals surface area contributed by atoms with E-state index >= 15 is 0 Å². The molecule has 1 aliphatic carbocycles. The monoisotopic (exact) mass is 459 g/mol. The molecule has 0 atom stereocenters. The van der Waals surface area contributed by atoms with Crippen LogP contribution in [-0.2, 0) is 16.1 Å². The molecule has 2 aliphatic rings. The van der Waals surface area contributed by atoms with Gasteiger partial charge in [-0.2, -0.15) is 0 Å². The summed E-state index contributed by atoms with van der Waals surface area (Å²) < 4.78 is 5.78. The number of thiophene rings is 1. The number of aromatic nitrogens is 2. The number of rotatable bonds is 8. The van der Waals surface area contributed by atoms with Crippen molar-refractivity contribution in [3.05, 3.63) is 23.4 Å². The molecule has 3 heterocycles. The fourth-order valence-corrected chi connectivity index (χ4v) is 5.21. The highest BCUT2D eigenvalue weighted by Crippen LogP contribution is 2.26. The molecule has 1 saturated heterocycles. The van der Waals surface area contributed by atoms with E-state index in [4.69, 9.17) is 4.42 Å². The zero-order valence-electron chi connectivity index (χ0n) is 18.9. The fourth-order valence-electron chi connectivity index (χ4n) is 4.57. The Morgan fingerprint density at radius 1 is 1.16 bits per heavy atom. The summed E-state index contributed by atoms with van der Waals surface area (Å²) >= 11 is 1.55. The molecule has 174 valence electrons. The summed E-state index contributed by atoms with van der Waals surface area (Å²) in [7, 11) is 0. The Morgan fingerprint density at radius 2 is 1.94 bits per heavy atom. The highest BCUT2D eigenvalue weighted by atomic mass is 32.1. The number of hydrogen-bond acceptors (Lipinski definition) is 7. The maximum atomic E-state index is 13.0. The molecular weight excluding hydrogens is 426 g/mol. The summed E-state index contributed by atoms with van der Waals surface area (Å²) in [6, 6.07) is 3.88. The van der Waals surface area contributed by atoms with Crippen LogP contribution in [0.1, 0.15) is 51.3 Å². The van der Waals surface area contributed by atoms with Gasteiger partial charge in [0.1, 0.15) is 0 Å². The van der Waals surface area contributed by atoms with Gasteiger partial charge in [-0.1, -0.05) is 32.3 Å². The summed E-state index contributed by atoms with van der Waals surface area (Å²) in [5, 5.41) is 10.2. The zero-order valence-corrected chi connectivity index (χ0v) is 19.7. The van der Waals surface area contributed by atoms with Crippen LogP contribution in [0.15, 0.2) is 21.9 Å². The normalized spacial score (nSPS) is 18.1. The van der Waals surface area contributed by atoms with Crippen molar-refractivity contribution in [2.24, 2.45) is 5.92 Å². The van der Waals surface area contributed by atoms with E-state index < -0.39 is 0 Å². The molecule has 0 bridgehead atoms. The molecule has 9 heteroatoms. The first-order valence-electron chi connectivity index (χ1n) is 11.8. The van der Waals surface area contributed by atoms with Crippen LogP contribution in [0.5, 0.6) is 0 Å². The Morgan fingerprint density at radius 3 is 2.62 bits per heavy atom. The molecular formula is C23H33N5O3S. The molecule has 4 rings (SSSR count). The first-order valence-corrected chi connectivity index (χ1v) is 12.7. The number of carbonyl (C=O) groups excluding carboxylic acids is 2. The van der Waals surface area contributed by atoms with E-state index in [2.05, 4.69) is 22.0 Å². The molecule has 0 spiro atoms. The molecule has 0 radical (unpaired) electrons. The van der Waals surface area contributed by atoms with Gasteiger partial charge in [-0.3, -0.25) is 14.5 Å². The summed E-state index contributed by atoms with van der Waals surface area (Å²) in [4.78, 5) is 32.7. The van der Waals surface area contributed by atoms with Gasteiger partial charge in [0, 0.05) is 38.6 Å². The van der Waals surface area contributed by atoms with Crippen LogP contribution in [0.3, 0.4) is 0 Å². The Balaban J connectivity index is 1.27. The lowest BCUT2D eigenvalue weighted by Gasteiger charge is -2.37. The van der Waals surface area contributed by atoms with Crippen molar-refractivity contribution in [3.63, 3.8) is 0 Å². The van der Waals surface area contributed by atoms with E-state index in [-0.39, 0.29) is 11.8 Å². The van der Waals surface area contributed by atoms with E-state index in [1.807, 2.05) is 22.4 Å². The van der Waals surface area contributed by atoms with Crippen molar-refractivity contribution < 1.29 is 14.0 Å². The van der Waals surface area contributed by atoms with Gasteiger partial charge in [0.2, 0.25) is 17.7 Å². The zero-order chi connectivity index (χ0) is 22.3. The molecule has 2 aromatic heterocycles. The summed E-state index contributed by atoms with van der Waals surface area (Å²) in [6.45, 7) is 6.30. The van der Waals surface area contributed by atoms with Crippen molar-refractivity contribution in [2.75, 3.05) is 39.3 Å².